The van der Waals surface area contributed by atoms with Crippen LogP contribution in [0, 0.1) is 5.41 Å². The smallest absolute Gasteiger partial charge is 0.315 e. The average molecular weight is 326 g/mol. The van der Waals surface area contributed by atoms with Gasteiger partial charge < -0.3 is 19.3 Å². The first-order valence-corrected chi connectivity index (χ1v) is 7.89. The summed E-state index contributed by atoms with van der Waals surface area (Å²) in [4.78, 5) is 26.5. The van der Waals surface area contributed by atoms with Crippen molar-refractivity contribution in [3.63, 3.8) is 0 Å². The van der Waals surface area contributed by atoms with Gasteiger partial charge in [-0.2, -0.15) is 0 Å². The number of carbonyl (C=O) groups excluding carboxylic acids is 1. The first-order valence-electron chi connectivity index (χ1n) is 7.89. The van der Waals surface area contributed by atoms with Crippen molar-refractivity contribution in [3.8, 4) is 5.75 Å². The van der Waals surface area contributed by atoms with Crippen molar-refractivity contribution in [2.45, 2.75) is 5.92 Å². The zero-order chi connectivity index (χ0) is 16.9. The summed E-state index contributed by atoms with van der Waals surface area (Å²) in [5.41, 5.74) is 0.339. The van der Waals surface area contributed by atoms with Crippen LogP contribution in [-0.4, -0.2) is 46.1 Å². The van der Waals surface area contributed by atoms with Gasteiger partial charge in [-0.1, -0.05) is 18.2 Å². The van der Waals surface area contributed by atoms with Crippen LogP contribution in [-0.2, 0) is 11.8 Å². The van der Waals surface area contributed by atoms with Gasteiger partial charge >= 0.3 is 5.97 Å². The average Bonchev–Trinajstić information content (AvgIpc) is 3.18. The van der Waals surface area contributed by atoms with Gasteiger partial charge in [0.05, 0.1) is 0 Å². The van der Waals surface area contributed by atoms with Crippen LogP contribution in [0.3, 0.4) is 0 Å². The Bertz CT molecular complexity index is 828. The van der Waals surface area contributed by atoms with E-state index in [1.807, 2.05) is 43.6 Å². The summed E-state index contributed by atoms with van der Waals surface area (Å²) in [5.74, 6) is -0.601. The fraction of sp³-hybridized carbons (Fsp3) is 0.333. The number of para-hydroxylation sites is 1. The molecule has 2 atom stereocenters. The van der Waals surface area contributed by atoms with Gasteiger partial charge in [0.2, 0.25) is 0 Å². The van der Waals surface area contributed by atoms with Crippen LogP contribution in [0.15, 0.2) is 42.6 Å². The van der Waals surface area contributed by atoms with Gasteiger partial charge in [0.15, 0.2) is 0 Å². The van der Waals surface area contributed by atoms with Crippen molar-refractivity contribution in [1.29, 1.82) is 0 Å². The minimum Gasteiger partial charge on any atom is -0.492 e. The second-order valence-corrected chi connectivity index (χ2v) is 6.53. The van der Waals surface area contributed by atoms with Crippen LogP contribution in [0.25, 0.3) is 0 Å². The Morgan fingerprint density at radius 2 is 2.04 bits per heavy atom. The maximum atomic E-state index is 12.8. The summed E-state index contributed by atoms with van der Waals surface area (Å²) in [5, 5.41) is 9.89. The van der Waals surface area contributed by atoms with Gasteiger partial charge in [-0.15, -0.1) is 0 Å². The highest BCUT2D eigenvalue weighted by atomic mass is 16.5. The number of carboxylic acids is 1. The van der Waals surface area contributed by atoms with E-state index in [1.165, 1.54) is 0 Å². The van der Waals surface area contributed by atoms with Crippen LogP contribution in [0.1, 0.15) is 22.0 Å². The monoisotopic (exact) mass is 326 g/mol. The SMILES string of the molecule is Cn1cccc1C(=O)N1C[C@@H]2c3ccccc3OC[C@]2(C(=O)O)C1. The highest BCUT2D eigenvalue weighted by Gasteiger charge is 2.57. The number of aliphatic carboxylic acids is 1. The number of ether oxygens (including phenoxy) is 1. The molecule has 24 heavy (non-hydrogen) atoms. The third kappa shape index (κ3) is 1.95. The Morgan fingerprint density at radius 3 is 2.75 bits per heavy atom. The molecule has 0 saturated carbocycles. The van der Waals surface area contributed by atoms with Gasteiger partial charge in [-0.3, -0.25) is 9.59 Å². The Hall–Kier alpha value is -2.76. The number of benzene rings is 1. The van der Waals surface area contributed by atoms with E-state index >= 15 is 0 Å². The van der Waals surface area contributed by atoms with E-state index in [2.05, 4.69) is 0 Å². The zero-order valence-electron chi connectivity index (χ0n) is 13.3. The van der Waals surface area contributed by atoms with E-state index in [9.17, 15) is 14.7 Å². The fourth-order valence-electron chi connectivity index (χ4n) is 3.84. The molecule has 2 aliphatic rings. The second kappa shape index (κ2) is 5.12. The molecule has 6 nitrogen and oxygen atoms in total. The van der Waals surface area contributed by atoms with Crippen molar-refractivity contribution in [3.05, 3.63) is 53.9 Å². The topological polar surface area (TPSA) is 71.8 Å². The predicted octanol–water partition coefficient (Wildman–Crippen LogP) is 1.73. The lowest BCUT2D eigenvalue weighted by molar-refractivity contribution is -0.151. The lowest BCUT2D eigenvalue weighted by Crippen LogP contribution is -2.46. The molecule has 1 aromatic heterocycles. The molecule has 2 aromatic rings. The Morgan fingerprint density at radius 1 is 1.25 bits per heavy atom. The normalized spacial score (nSPS) is 24.9. The summed E-state index contributed by atoms with van der Waals surface area (Å²) >= 11 is 0. The molecule has 0 unspecified atom stereocenters. The lowest BCUT2D eigenvalue weighted by atomic mass is 9.73. The maximum Gasteiger partial charge on any atom is 0.315 e. The molecule has 1 saturated heterocycles. The fourth-order valence-corrected chi connectivity index (χ4v) is 3.84. The van der Waals surface area contributed by atoms with Crippen LogP contribution < -0.4 is 4.74 Å². The number of hydrogen-bond donors (Lipinski definition) is 1. The molecule has 0 spiro atoms. The number of hydrogen-bond acceptors (Lipinski definition) is 3. The second-order valence-electron chi connectivity index (χ2n) is 6.53. The summed E-state index contributed by atoms with van der Waals surface area (Å²) < 4.78 is 7.47. The summed E-state index contributed by atoms with van der Waals surface area (Å²) in [7, 11) is 1.81. The van der Waals surface area contributed by atoms with Crippen LogP contribution in [0.5, 0.6) is 5.75 Å². The molecule has 1 amide bonds. The molecule has 1 N–H and O–H groups in total. The molecule has 0 radical (unpaired) electrons. The summed E-state index contributed by atoms with van der Waals surface area (Å²) in [6.07, 6.45) is 1.81. The van der Waals surface area contributed by atoms with Crippen LogP contribution in [0.4, 0.5) is 0 Å². The number of nitrogens with zero attached hydrogens (tertiary/aromatic N) is 2. The van der Waals surface area contributed by atoms with Crippen LogP contribution in [0.2, 0.25) is 0 Å². The van der Waals surface area contributed by atoms with E-state index < -0.39 is 11.4 Å². The molecule has 2 aliphatic heterocycles. The predicted molar refractivity (Wildman–Crippen MR) is 86.1 cm³/mol. The largest absolute Gasteiger partial charge is 0.492 e. The Balaban J connectivity index is 1.73. The van der Waals surface area contributed by atoms with Gasteiger partial charge in [0.25, 0.3) is 5.91 Å². The molecule has 1 fully saturated rings. The number of rotatable bonds is 2. The minimum atomic E-state index is -1.09. The third-order valence-electron chi connectivity index (χ3n) is 5.20. The number of amides is 1. The van der Waals surface area contributed by atoms with Gasteiger partial charge in [-0.05, 0) is 18.2 Å². The molecule has 1 aromatic carbocycles. The number of carboxylic acid groups (broad SMARTS) is 1. The van der Waals surface area contributed by atoms with Crippen molar-refractivity contribution < 1.29 is 19.4 Å². The van der Waals surface area contributed by atoms with Gasteiger partial charge in [0, 0.05) is 37.8 Å². The van der Waals surface area contributed by atoms with E-state index in [4.69, 9.17) is 4.74 Å². The molecular weight excluding hydrogens is 308 g/mol. The molecule has 124 valence electrons. The quantitative estimate of drug-likeness (QED) is 0.912. The first-order chi connectivity index (χ1) is 11.5. The summed E-state index contributed by atoms with van der Waals surface area (Å²) in [6, 6.07) is 11.1. The molecule has 6 heteroatoms. The Labute approximate surface area is 139 Å². The van der Waals surface area contributed by atoms with E-state index in [0.29, 0.717) is 18.0 Å². The highest BCUT2D eigenvalue weighted by molar-refractivity contribution is 5.94. The molecule has 3 heterocycles. The molecule has 0 aliphatic carbocycles. The number of carbonyl (C=O) groups is 2. The Kier molecular flexibility index (Phi) is 3.16. The van der Waals surface area contributed by atoms with Crippen molar-refractivity contribution in [2.24, 2.45) is 12.5 Å². The van der Waals surface area contributed by atoms with Crippen molar-refractivity contribution in [2.75, 3.05) is 19.7 Å². The van der Waals surface area contributed by atoms with E-state index in [-0.39, 0.29) is 25.0 Å². The molecule has 0 bridgehead atoms. The lowest BCUT2D eigenvalue weighted by Gasteiger charge is -2.35. The first kappa shape index (κ1) is 14.8. The number of fused-ring (bicyclic) bond motifs is 3. The third-order valence-corrected chi connectivity index (χ3v) is 5.20. The van der Waals surface area contributed by atoms with Crippen LogP contribution >= 0.6 is 0 Å². The number of aryl methyl sites for hydroxylation is 1. The van der Waals surface area contributed by atoms with Crippen molar-refractivity contribution >= 4 is 11.9 Å². The zero-order valence-corrected chi connectivity index (χ0v) is 13.3. The van der Waals surface area contributed by atoms with Gasteiger partial charge in [-0.25, -0.2) is 0 Å². The van der Waals surface area contributed by atoms with E-state index in [1.54, 1.807) is 15.5 Å². The summed E-state index contributed by atoms with van der Waals surface area (Å²) in [6.45, 7) is 0.628. The van der Waals surface area contributed by atoms with Crippen molar-refractivity contribution in [1.82, 2.24) is 9.47 Å². The highest BCUT2D eigenvalue weighted by Crippen LogP contribution is 2.49. The molecule has 4 rings (SSSR count). The maximum absolute atomic E-state index is 12.8. The number of aromatic nitrogens is 1. The standard InChI is InChI=1S/C18H18N2O4/c1-19-8-4-6-14(19)16(21)20-9-13-12-5-2-3-7-15(12)24-11-18(13,10-20)17(22)23/h2-8,13H,9-11H2,1H3,(H,22,23)/t13-,18-/m1/s1. The number of likely N-dealkylation sites (tertiary alicyclic amines) is 1. The minimum absolute atomic E-state index is 0.0843. The van der Waals surface area contributed by atoms with Gasteiger partial charge in [0.1, 0.15) is 23.5 Å². The molecular formula is C18H18N2O4. The van der Waals surface area contributed by atoms with E-state index in [0.717, 1.165) is 5.56 Å².